The van der Waals surface area contributed by atoms with E-state index in [9.17, 15) is 0 Å². The predicted octanol–water partition coefficient (Wildman–Crippen LogP) is 1.27. The Hall–Kier alpha value is -2.02. The summed E-state index contributed by atoms with van der Waals surface area (Å²) in [4.78, 5) is 12.5. The summed E-state index contributed by atoms with van der Waals surface area (Å²) in [6, 6.07) is 0. The summed E-state index contributed by atoms with van der Waals surface area (Å²) in [5.41, 5.74) is 6.03. The molecule has 0 unspecified atom stereocenters. The van der Waals surface area contributed by atoms with Crippen molar-refractivity contribution in [1.82, 2.24) is 15.0 Å². The molecular formula is C11H13N5OS. The van der Waals surface area contributed by atoms with Crippen molar-refractivity contribution in [2.45, 2.75) is 19.9 Å². The molecule has 0 spiro atoms. The fourth-order valence-corrected chi connectivity index (χ4v) is 1.55. The Morgan fingerprint density at radius 2 is 2.17 bits per heavy atom. The SMILES string of the molecule is CCc1cnc(CNc2nccnc2C(N)=S)o1. The maximum Gasteiger partial charge on any atom is 0.213 e. The van der Waals surface area contributed by atoms with Gasteiger partial charge in [0.15, 0.2) is 5.82 Å². The molecule has 18 heavy (non-hydrogen) atoms. The summed E-state index contributed by atoms with van der Waals surface area (Å²) < 4.78 is 5.47. The summed E-state index contributed by atoms with van der Waals surface area (Å²) in [6.07, 6.45) is 5.63. The van der Waals surface area contributed by atoms with E-state index in [-0.39, 0.29) is 4.99 Å². The molecule has 94 valence electrons. The molecule has 0 aromatic carbocycles. The van der Waals surface area contributed by atoms with E-state index in [2.05, 4.69) is 20.3 Å². The van der Waals surface area contributed by atoms with Crippen LogP contribution in [-0.2, 0) is 13.0 Å². The third-order valence-corrected chi connectivity index (χ3v) is 2.48. The van der Waals surface area contributed by atoms with Crippen LogP contribution in [0.1, 0.15) is 24.3 Å². The van der Waals surface area contributed by atoms with Crippen molar-refractivity contribution in [3.8, 4) is 0 Å². The van der Waals surface area contributed by atoms with Gasteiger partial charge in [0.05, 0.1) is 12.7 Å². The Morgan fingerprint density at radius 1 is 1.39 bits per heavy atom. The van der Waals surface area contributed by atoms with E-state index in [1.807, 2.05) is 6.92 Å². The molecule has 6 nitrogen and oxygen atoms in total. The van der Waals surface area contributed by atoms with Crippen LogP contribution in [0.4, 0.5) is 5.82 Å². The fraction of sp³-hybridized carbons (Fsp3) is 0.273. The van der Waals surface area contributed by atoms with Gasteiger partial charge in [-0.2, -0.15) is 0 Å². The third-order valence-electron chi connectivity index (χ3n) is 2.29. The number of thiocarbonyl (C=S) groups is 1. The summed E-state index contributed by atoms with van der Waals surface area (Å²) >= 11 is 4.90. The van der Waals surface area contributed by atoms with Gasteiger partial charge in [0.25, 0.3) is 0 Å². The first-order chi connectivity index (χ1) is 8.70. The molecule has 2 rings (SSSR count). The lowest BCUT2D eigenvalue weighted by molar-refractivity contribution is 0.465. The van der Waals surface area contributed by atoms with Crippen LogP contribution < -0.4 is 11.1 Å². The number of oxazole rings is 1. The first-order valence-corrected chi connectivity index (χ1v) is 5.89. The first-order valence-electron chi connectivity index (χ1n) is 5.49. The molecule has 0 saturated heterocycles. The highest BCUT2D eigenvalue weighted by Crippen LogP contribution is 2.11. The maximum absolute atomic E-state index is 5.56. The summed E-state index contributed by atoms with van der Waals surface area (Å²) in [7, 11) is 0. The second-order valence-electron chi connectivity index (χ2n) is 3.55. The molecule has 0 fully saturated rings. The van der Waals surface area contributed by atoms with E-state index < -0.39 is 0 Å². The Balaban J connectivity index is 2.08. The minimum atomic E-state index is 0.201. The Morgan fingerprint density at radius 3 is 2.83 bits per heavy atom. The van der Waals surface area contributed by atoms with Gasteiger partial charge in [-0.25, -0.2) is 15.0 Å². The van der Waals surface area contributed by atoms with Gasteiger partial charge in [-0.15, -0.1) is 0 Å². The summed E-state index contributed by atoms with van der Waals surface area (Å²) in [5.74, 6) is 1.97. The minimum Gasteiger partial charge on any atom is -0.444 e. The lowest BCUT2D eigenvalue weighted by Gasteiger charge is -2.06. The largest absolute Gasteiger partial charge is 0.444 e. The number of aromatic nitrogens is 3. The van der Waals surface area contributed by atoms with Crippen molar-refractivity contribution in [3.63, 3.8) is 0 Å². The van der Waals surface area contributed by atoms with Crippen molar-refractivity contribution in [3.05, 3.63) is 35.9 Å². The zero-order chi connectivity index (χ0) is 13.0. The predicted molar refractivity (Wildman–Crippen MR) is 71.1 cm³/mol. The molecule has 0 atom stereocenters. The first kappa shape index (κ1) is 12.4. The van der Waals surface area contributed by atoms with Gasteiger partial charge < -0.3 is 15.5 Å². The van der Waals surface area contributed by atoms with Crippen molar-refractivity contribution in [2.75, 3.05) is 5.32 Å². The van der Waals surface area contributed by atoms with Crippen LogP contribution in [0.5, 0.6) is 0 Å². The smallest absolute Gasteiger partial charge is 0.213 e. The van der Waals surface area contributed by atoms with Crippen molar-refractivity contribution in [2.24, 2.45) is 5.73 Å². The van der Waals surface area contributed by atoms with Gasteiger partial charge in [-0.1, -0.05) is 19.1 Å². The summed E-state index contributed by atoms with van der Waals surface area (Å²) in [5, 5.41) is 3.05. The molecule has 2 heterocycles. The zero-order valence-corrected chi connectivity index (χ0v) is 10.7. The summed E-state index contributed by atoms with van der Waals surface area (Å²) in [6.45, 7) is 2.42. The topological polar surface area (TPSA) is 89.9 Å². The molecule has 0 saturated carbocycles. The number of nitrogens with two attached hydrogens (primary N) is 1. The molecule has 0 aliphatic rings. The van der Waals surface area contributed by atoms with Crippen LogP contribution in [0.25, 0.3) is 0 Å². The quantitative estimate of drug-likeness (QED) is 0.785. The van der Waals surface area contributed by atoms with Crippen molar-refractivity contribution < 1.29 is 4.42 Å². The van der Waals surface area contributed by atoms with Crippen LogP contribution in [0.15, 0.2) is 23.0 Å². The molecule has 0 aliphatic heterocycles. The van der Waals surface area contributed by atoms with Gasteiger partial charge in [0.1, 0.15) is 16.4 Å². The Kier molecular flexibility index (Phi) is 3.83. The molecular weight excluding hydrogens is 250 g/mol. The number of nitrogens with one attached hydrogen (secondary N) is 1. The molecule has 7 heteroatoms. The second kappa shape index (κ2) is 5.54. The molecule has 0 amide bonds. The number of aryl methyl sites for hydroxylation is 1. The minimum absolute atomic E-state index is 0.201. The average Bonchev–Trinajstić information content (AvgIpc) is 2.84. The number of hydrogen-bond acceptors (Lipinski definition) is 6. The van der Waals surface area contributed by atoms with Crippen LogP contribution >= 0.6 is 12.2 Å². The highest BCUT2D eigenvalue weighted by molar-refractivity contribution is 7.80. The molecule has 0 radical (unpaired) electrons. The fourth-order valence-electron chi connectivity index (χ4n) is 1.40. The van der Waals surface area contributed by atoms with Crippen LogP contribution in [-0.4, -0.2) is 19.9 Å². The monoisotopic (exact) mass is 263 g/mol. The Bertz CT molecular complexity index is 554. The Labute approximate surface area is 110 Å². The lowest BCUT2D eigenvalue weighted by Crippen LogP contribution is -2.16. The number of anilines is 1. The van der Waals surface area contributed by atoms with Gasteiger partial charge in [-0.3, -0.25) is 0 Å². The molecule has 2 aromatic heterocycles. The lowest BCUT2D eigenvalue weighted by atomic mass is 10.4. The van der Waals surface area contributed by atoms with Crippen molar-refractivity contribution >= 4 is 23.0 Å². The van der Waals surface area contributed by atoms with E-state index in [1.54, 1.807) is 18.6 Å². The number of rotatable bonds is 5. The number of nitrogens with zero attached hydrogens (tertiary/aromatic N) is 3. The number of hydrogen-bond donors (Lipinski definition) is 2. The zero-order valence-electron chi connectivity index (χ0n) is 9.88. The van der Waals surface area contributed by atoms with Gasteiger partial charge in [0, 0.05) is 18.8 Å². The van der Waals surface area contributed by atoms with E-state index in [4.69, 9.17) is 22.4 Å². The van der Waals surface area contributed by atoms with Crippen molar-refractivity contribution in [1.29, 1.82) is 0 Å². The average molecular weight is 263 g/mol. The van der Waals surface area contributed by atoms with Crippen LogP contribution in [0, 0.1) is 0 Å². The molecule has 3 N–H and O–H groups in total. The molecule has 0 bridgehead atoms. The van der Waals surface area contributed by atoms with Crippen LogP contribution in [0.2, 0.25) is 0 Å². The molecule has 2 aromatic rings. The normalized spacial score (nSPS) is 10.3. The standard InChI is InChI=1S/C11H13N5OS/c1-2-7-5-15-8(17-7)6-16-11-9(10(12)18)13-3-4-14-11/h3-5H,2,6H2,1H3,(H2,12,18)(H,14,16). The second-order valence-corrected chi connectivity index (χ2v) is 3.99. The maximum atomic E-state index is 5.56. The third kappa shape index (κ3) is 2.80. The van der Waals surface area contributed by atoms with E-state index in [1.165, 1.54) is 0 Å². The van der Waals surface area contributed by atoms with E-state index >= 15 is 0 Å². The van der Waals surface area contributed by atoms with Gasteiger partial charge >= 0.3 is 0 Å². The molecule has 0 aliphatic carbocycles. The van der Waals surface area contributed by atoms with E-state index in [0.29, 0.717) is 23.9 Å². The van der Waals surface area contributed by atoms with Gasteiger partial charge in [-0.05, 0) is 0 Å². The van der Waals surface area contributed by atoms with Gasteiger partial charge in [0.2, 0.25) is 5.89 Å². The highest BCUT2D eigenvalue weighted by Gasteiger charge is 2.09. The highest BCUT2D eigenvalue weighted by atomic mass is 32.1. The van der Waals surface area contributed by atoms with E-state index in [0.717, 1.165) is 12.2 Å². The van der Waals surface area contributed by atoms with Crippen LogP contribution in [0.3, 0.4) is 0 Å².